The Balaban J connectivity index is 1.69. The van der Waals surface area contributed by atoms with Crippen molar-refractivity contribution in [2.75, 3.05) is 25.0 Å². The van der Waals surface area contributed by atoms with E-state index in [9.17, 15) is 15.3 Å². The number of ether oxygens (including phenoxy) is 1. The van der Waals surface area contributed by atoms with Crippen LogP contribution in [0.25, 0.3) is 0 Å². The van der Waals surface area contributed by atoms with E-state index < -0.39 is 11.7 Å². The Morgan fingerprint density at radius 1 is 1.21 bits per heavy atom. The lowest BCUT2D eigenvalue weighted by atomic mass is 9.89. The fraction of sp³-hybridized carbons (Fsp3) is 0.467. The van der Waals surface area contributed by atoms with Crippen molar-refractivity contribution in [3.8, 4) is 12.1 Å². The molecule has 1 atom stereocenters. The van der Waals surface area contributed by atoms with Crippen molar-refractivity contribution < 1.29 is 9.53 Å². The minimum absolute atomic E-state index is 0.168. The number of alkyl carbamates (subject to hydrolysis) is 1. The number of nitriles is 2. The Bertz CT molecular complexity index is 1330. The average molecular weight is 545 g/mol. The molecule has 0 spiro atoms. The molecular formula is C30H36N6O2S. The summed E-state index contributed by atoms with van der Waals surface area (Å²) in [6, 6.07) is 14.8. The first-order valence-corrected chi connectivity index (χ1v) is 14.3. The van der Waals surface area contributed by atoms with Gasteiger partial charge in [-0.15, -0.1) is 0 Å². The normalized spacial score (nSPS) is 15.4. The van der Waals surface area contributed by atoms with Crippen LogP contribution in [0.15, 0.2) is 46.6 Å². The molecule has 2 aromatic rings. The number of nitrogens with two attached hydrogens (primary N) is 1. The van der Waals surface area contributed by atoms with Crippen molar-refractivity contribution in [1.82, 2.24) is 10.3 Å². The summed E-state index contributed by atoms with van der Waals surface area (Å²) in [6.45, 7) is 6.16. The molecule has 0 aliphatic heterocycles. The van der Waals surface area contributed by atoms with Gasteiger partial charge in [-0.05, 0) is 75.5 Å². The lowest BCUT2D eigenvalue weighted by molar-refractivity contribution is 0.0529. The molecule has 8 nitrogen and oxygen atoms in total. The number of nitrogens with zero attached hydrogens (tertiary/aromatic N) is 4. The summed E-state index contributed by atoms with van der Waals surface area (Å²) in [5, 5.41) is 23.6. The zero-order chi connectivity index (χ0) is 28.2. The third-order valence-corrected chi connectivity index (χ3v) is 8.13. The molecular weight excluding hydrogens is 508 g/mol. The third-order valence-electron chi connectivity index (χ3n) is 6.85. The van der Waals surface area contributed by atoms with Crippen LogP contribution < -0.4 is 16.0 Å². The van der Waals surface area contributed by atoms with E-state index in [1.165, 1.54) is 17.3 Å². The highest BCUT2D eigenvalue weighted by molar-refractivity contribution is 7.99. The second kappa shape index (κ2) is 12.0. The molecule has 2 saturated carbocycles. The molecule has 9 heteroatoms. The number of likely N-dealkylation sites (N-methyl/N-ethyl adjacent to an activating group) is 1. The van der Waals surface area contributed by atoms with Gasteiger partial charge in [-0.3, -0.25) is 0 Å². The number of thioether (sulfide) groups is 1. The molecule has 1 heterocycles. The quantitative estimate of drug-likeness (QED) is 0.374. The Labute approximate surface area is 235 Å². The van der Waals surface area contributed by atoms with E-state index in [2.05, 4.69) is 29.6 Å². The maximum absolute atomic E-state index is 12.1. The number of benzene rings is 1. The number of amides is 1. The molecule has 39 heavy (non-hydrogen) atoms. The van der Waals surface area contributed by atoms with Gasteiger partial charge in [0, 0.05) is 25.8 Å². The Morgan fingerprint density at radius 2 is 1.87 bits per heavy atom. The smallest absolute Gasteiger partial charge is 0.407 e. The van der Waals surface area contributed by atoms with Crippen LogP contribution in [-0.2, 0) is 4.74 Å². The van der Waals surface area contributed by atoms with E-state index in [0.717, 1.165) is 48.9 Å². The standard InChI is InChI=1S/C30H36N6O2S/c1-30(2,3)38-29(37)34-15-16-36(4)27-22(17-31)24(19-13-14-19)23(18-32)28(35-27)39-26(21-9-6-5-7-10-21)25(33)20-11-8-12-20/h5-7,9-10,19,26H,8,11-16,33H2,1-4H3,(H,34,37). The molecule has 4 rings (SSSR count). The van der Waals surface area contributed by atoms with E-state index in [-0.39, 0.29) is 11.2 Å². The van der Waals surface area contributed by atoms with E-state index >= 15 is 0 Å². The summed E-state index contributed by atoms with van der Waals surface area (Å²) >= 11 is 1.48. The highest BCUT2D eigenvalue weighted by Crippen LogP contribution is 2.49. The van der Waals surface area contributed by atoms with Crippen LogP contribution in [-0.4, -0.2) is 36.8 Å². The van der Waals surface area contributed by atoms with Crippen LogP contribution >= 0.6 is 11.8 Å². The van der Waals surface area contributed by atoms with E-state index in [0.29, 0.717) is 35.1 Å². The topological polar surface area (TPSA) is 128 Å². The Morgan fingerprint density at radius 3 is 2.41 bits per heavy atom. The second-order valence-corrected chi connectivity index (χ2v) is 12.2. The van der Waals surface area contributed by atoms with E-state index in [1.54, 1.807) is 0 Å². The van der Waals surface area contributed by atoms with Gasteiger partial charge in [-0.2, -0.15) is 10.5 Å². The first-order chi connectivity index (χ1) is 18.6. The predicted octanol–water partition coefficient (Wildman–Crippen LogP) is 5.89. The average Bonchev–Trinajstić information content (AvgIpc) is 3.69. The summed E-state index contributed by atoms with van der Waals surface area (Å²) in [5.74, 6) is 0.676. The molecule has 2 aliphatic rings. The summed E-state index contributed by atoms with van der Waals surface area (Å²) in [5.41, 5.74) is 11.0. The van der Waals surface area contributed by atoms with E-state index in [1.807, 2.05) is 50.9 Å². The number of anilines is 1. The molecule has 1 amide bonds. The maximum atomic E-state index is 12.1. The summed E-state index contributed by atoms with van der Waals surface area (Å²) < 4.78 is 5.33. The van der Waals surface area contributed by atoms with Crippen LogP contribution in [0.3, 0.4) is 0 Å². The number of nitrogens with one attached hydrogen (secondary N) is 1. The summed E-state index contributed by atoms with van der Waals surface area (Å²) in [4.78, 5) is 18.9. The second-order valence-electron chi connectivity index (χ2n) is 11.1. The van der Waals surface area contributed by atoms with Gasteiger partial charge in [0.15, 0.2) is 0 Å². The third kappa shape index (κ3) is 6.85. The lowest BCUT2D eigenvalue weighted by Crippen LogP contribution is -2.37. The van der Waals surface area contributed by atoms with Crippen molar-refractivity contribution in [2.24, 2.45) is 5.73 Å². The first kappa shape index (κ1) is 28.3. The van der Waals surface area contributed by atoms with Crippen LogP contribution in [0.4, 0.5) is 10.6 Å². The number of hydrogen-bond donors (Lipinski definition) is 2. The van der Waals surface area contributed by atoms with Gasteiger partial charge >= 0.3 is 6.09 Å². The van der Waals surface area contributed by atoms with Crippen LogP contribution in [0.2, 0.25) is 0 Å². The molecule has 1 unspecified atom stereocenters. The van der Waals surface area contributed by atoms with Crippen LogP contribution in [0.1, 0.15) is 86.3 Å². The molecule has 2 aliphatic carbocycles. The van der Waals surface area contributed by atoms with Crippen LogP contribution in [0.5, 0.6) is 0 Å². The van der Waals surface area contributed by atoms with Gasteiger partial charge < -0.3 is 20.7 Å². The monoisotopic (exact) mass is 544 g/mol. The number of carbonyl (C=O) groups excluding carboxylic acids is 1. The molecule has 3 N–H and O–H groups in total. The van der Waals surface area contributed by atoms with E-state index in [4.69, 9.17) is 15.5 Å². The number of pyridine rings is 1. The van der Waals surface area contributed by atoms with Crippen molar-refractivity contribution in [3.63, 3.8) is 0 Å². The first-order valence-electron chi connectivity index (χ1n) is 13.4. The largest absolute Gasteiger partial charge is 0.444 e. The number of carbonyl (C=O) groups is 1. The molecule has 1 aromatic heterocycles. The number of allylic oxidation sites excluding steroid dienone is 1. The van der Waals surface area contributed by atoms with Crippen molar-refractivity contribution >= 4 is 23.7 Å². The van der Waals surface area contributed by atoms with Gasteiger partial charge in [0.2, 0.25) is 0 Å². The van der Waals surface area contributed by atoms with Gasteiger partial charge in [0.05, 0.1) is 16.4 Å². The highest BCUT2D eigenvalue weighted by atomic mass is 32.2. The minimum Gasteiger partial charge on any atom is -0.444 e. The molecule has 2 fully saturated rings. The Kier molecular flexibility index (Phi) is 8.72. The molecule has 204 valence electrons. The predicted molar refractivity (Wildman–Crippen MR) is 153 cm³/mol. The number of aromatic nitrogens is 1. The fourth-order valence-corrected chi connectivity index (χ4v) is 5.78. The van der Waals surface area contributed by atoms with Gasteiger partial charge in [0.25, 0.3) is 0 Å². The SMILES string of the molecule is CN(CCNC(=O)OC(C)(C)C)c1nc(SC(C(N)=C2CCC2)c2ccccc2)c(C#N)c(C2CC2)c1C#N. The summed E-state index contributed by atoms with van der Waals surface area (Å²) in [6.07, 6.45) is 4.51. The van der Waals surface area contributed by atoms with Gasteiger partial charge in [-0.25, -0.2) is 9.78 Å². The van der Waals surface area contributed by atoms with Crippen molar-refractivity contribution in [1.29, 1.82) is 10.5 Å². The zero-order valence-electron chi connectivity index (χ0n) is 23.1. The van der Waals surface area contributed by atoms with Crippen molar-refractivity contribution in [3.05, 3.63) is 63.9 Å². The number of hydrogen-bond acceptors (Lipinski definition) is 8. The highest BCUT2D eigenvalue weighted by Gasteiger charge is 2.35. The van der Waals surface area contributed by atoms with Gasteiger partial charge in [0.1, 0.15) is 28.6 Å². The zero-order valence-corrected chi connectivity index (χ0v) is 23.9. The maximum Gasteiger partial charge on any atom is 0.407 e. The molecule has 0 bridgehead atoms. The summed E-state index contributed by atoms with van der Waals surface area (Å²) in [7, 11) is 1.84. The number of rotatable bonds is 9. The molecule has 0 radical (unpaired) electrons. The lowest BCUT2D eigenvalue weighted by Gasteiger charge is -2.27. The van der Waals surface area contributed by atoms with Crippen molar-refractivity contribution in [2.45, 2.75) is 74.7 Å². The Hall–Kier alpha value is -3.69. The molecule has 0 saturated heterocycles. The van der Waals surface area contributed by atoms with Gasteiger partial charge in [-0.1, -0.05) is 42.1 Å². The minimum atomic E-state index is -0.587. The fourth-order valence-electron chi connectivity index (χ4n) is 4.55. The van der Waals surface area contributed by atoms with Crippen LogP contribution in [0, 0.1) is 22.7 Å². The molecule has 1 aromatic carbocycles.